The lowest BCUT2D eigenvalue weighted by molar-refractivity contribution is -0.140. The summed E-state index contributed by atoms with van der Waals surface area (Å²) < 4.78 is 0. The third-order valence-corrected chi connectivity index (χ3v) is 4.18. The minimum Gasteiger partial charge on any atom is -0.481 e. The third-order valence-electron chi connectivity index (χ3n) is 3.52. The molecule has 2 rings (SSSR count). The predicted molar refractivity (Wildman–Crippen MR) is 77.1 cm³/mol. The number of hydrogen-bond donors (Lipinski definition) is 2. The molecule has 4 nitrogen and oxygen atoms in total. The van der Waals surface area contributed by atoms with Gasteiger partial charge in [-0.25, -0.2) is 0 Å². The fraction of sp³-hybridized carbons (Fsp3) is 0.429. The molecule has 6 heteroatoms. The molecule has 0 aromatic heterocycles. The summed E-state index contributed by atoms with van der Waals surface area (Å²) in [5, 5.41) is 12.7. The SMILES string of the molecule is CC(CNC(=O)C1CC1C(=O)O)c1c(Cl)cccc1Cl. The van der Waals surface area contributed by atoms with Crippen molar-refractivity contribution in [3.63, 3.8) is 0 Å². The van der Waals surface area contributed by atoms with Gasteiger partial charge in [0.1, 0.15) is 0 Å². The highest BCUT2D eigenvalue weighted by molar-refractivity contribution is 6.36. The minimum atomic E-state index is -0.910. The van der Waals surface area contributed by atoms with Crippen molar-refractivity contribution in [3.8, 4) is 0 Å². The molecule has 1 aromatic rings. The molecule has 2 N–H and O–H groups in total. The van der Waals surface area contributed by atoms with Crippen LogP contribution in [0.5, 0.6) is 0 Å². The average Bonchev–Trinajstić information content (AvgIpc) is 3.16. The molecule has 20 heavy (non-hydrogen) atoms. The van der Waals surface area contributed by atoms with Gasteiger partial charge in [-0.3, -0.25) is 9.59 Å². The molecule has 3 unspecified atom stereocenters. The van der Waals surface area contributed by atoms with Crippen LogP contribution in [0.25, 0.3) is 0 Å². The van der Waals surface area contributed by atoms with E-state index >= 15 is 0 Å². The van der Waals surface area contributed by atoms with Crippen molar-refractivity contribution < 1.29 is 14.7 Å². The molecule has 1 aliphatic carbocycles. The number of rotatable bonds is 5. The molecule has 0 aliphatic heterocycles. The molecule has 0 saturated heterocycles. The van der Waals surface area contributed by atoms with Gasteiger partial charge in [-0.1, -0.05) is 36.2 Å². The first-order valence-electron chi connectivity index (χ1n) is 6.36. The third kappa shape index (κ3) is 3.25. The first-order chi connectivity index (χ1) is 9.41. The van der Waals surface area contributed by atoms with E-state index in [1.807, 2.05) is 6.92 Å². The van der Waals surface area contributed by atoms with Gasteiger partial charge in [0.2, 0.25) is 5.91 Å². The molecular weight excluding hydrogens is 301 g/mol. The quantitative estimate of drug-likeness (QED) is 0.878. The Balaban J connectivity index is 1.91. The molecule has 1 saturated carbocycles. The van der Waals surface area contributed by atoms with E-state index in [2.05, 4.69) is 5.32 Å². The second kappa shape index (κ2) is 6.02. The highest BCUT2D eigenvalue weighted by Crippen LogP contribution is 2.39. The number of amides is 1. The van der Waals surface area contributed by atoms with Crippen molar-refractivity contribution in [1.82, 2.24) is 5.32 Å². The summed E-state index contributed by atoms with van der Waals surface area (Å²) in [6, 6.07) is 5.27. The predicted octanol–water partition coefficient (Wildman–Crippen LogP) is 2.93. The Hall–Kier alpha value is -1.26. The van der Waals surface area contributed by atoms with Crippen molar-refractivity contribution >= 4 is 35.1 Å². The summed E-state index contributed by atoms with van der Waals surface area (Å²) in [5.41, 5.74) is 0.793. The Morgan fingerprint density at radius 3 is 2.45 bits per heavy atom. The fourth-order valence-corrected chi connectivity index (χ4v) is 3.00. The molecule has 0 radical (unpaired) electrons. The average molecular weight is 316 g/mol. The maximum atomic E-state index is 11.8. The molecule has 108 valence electrons. The van der Waals surface area contributed by atoms with E-state index in [9.17, 15) is 9.59 Å². The number of aliphatic carboxylic acids is 1. The van der Waals surface area contributed by atoms with Crippen molar-refractivity contribution in [2.45, 2.75) is 19.3 Å². The Morgan fingerprint density at radius 2 is 1.95 bits per heavy atom. The van der Waals surface area contributed by atoms with E-state index in [0.717, 1.165) is 5.56 Å². The van der Waals surface area contributed by atoms with Gasteiger partial charge in [-0.15, -0.1) is 0 Å². The van der Waals surface area contributed by atoms with Crippen molar-refractivity contribution in [3.05, 3.63) is 33.8 Å². The summed E-state index contributed by atoms with van der Waals surface area (Å²) in [5.74, 6) is -2.10. The maximum absolute atomic E-state index is 11.8. The van der Waals surface area contributed by atoms with Gasteiger partial charge in [-0.2, -0.15) is 0 Å². The summed E-state index contributed by atoms with van der Waals surface area (Å²) >= 11 is 12.2. The lowest BCUT2D eigenvalue weighted by atomic mass is 10.0. The van der Waals surface area contributed by atoms with Crippen molar-refractivity contribution in [1.29, 1.82) is 0 Å². The van der Waals surface area contributed by atoms with E-state index in [-0.39, 0.29) is 11.8 Å². The standard InChI is InChI=1S/C14H15Cl2NO3/c1-7(12-10(15)3-2-4-11(12)16)6-17-13(18)8-5-9(8)14(19)20/h2-4,7-9H,5-6H2,1H3,(H,17,18)(H,19,20). The number of benzene rings is 1. The molecule has 0 heterocycles. The number of carboxylic acids is 1. The number of carbonyl (C=O) groups is 2. The molecule has 1 aromatic carbocycles. The monoisotopic (exact) mass is 315 g/mol. The van der Waals surface area contributed by atoms with Gasteiger partial charge >= 0.3 is 5.97 Å². The van der Waals surface area contributed by atoms with Crippen LogP contribution in [0.3, 0.4) is 0 Å². The zero-order valence-electron chi connectivity index (χ0n) is 10.9. The minimum absolute atomic E-state index is 0.0396. The second-order valence-electron chi connectivity index (χ2n) is 5.07. The summed E-state index contributed by atoms with van der Waals surface area (Å²) in [7, 11) is 0. The lowest BCUT2D eigenvalue weighted by Crippen LogP contribution is -2.30. The van der Waals surface area contributed by atoms with Crippen molar-refractivity contribution in [2.75, 3.05) is 6.54 Å². The van der Waals surface area contributed by atoms with Crippen LogP contribution in [0.4, 0.5) is 0 Å². The summed E-state index contributed by atoms with van der Waals surface area (Å²) in [6.45, 7) is 2.29. The largest absolute Gasteiger partial charge is 0.481 e. The first-order valence-corrected chi connectivity index (χ1v) is 7.11. The van der Waals surface area contributed by atoms with Crippen LogP contribution >= 0.6 is 23.2 Å². The lowest BCUT2D eigenvalue weighted by Gasteiger charge is -2.16. The maximum Gasteiger partial charge on any atom is 0.307 e. The van der Waals surface area contributed by atoms with Crippen molar-refractivity contribution in [2.24, 2.45) is 11.8 Å². The summed E-state index contributed by atoms with van der Waals surface area (Å²) in [4.78, 5) is 22.5. The van der Waals surface area contributed by atoms with Crippen LogP contribution in [0.15, 0.2) is 18.2 Å². The molecule has 1 fully saturated rings. The highest BCUT2D eigenvalue weighted by Gasteiger charge is 2.48. The Labute approximate surface area is 127 Å². The molecular formula is C14H15Cl2NO3. The van der Waals surface area contributed by atoms with E-state index < -0.39 is 17.8 Å². The smallest absolute Gasteiger partial charge is 0.307 e. The van der Waals surface area contributed by atoms with Crippen LogP contribution in [0.2, 0.25) is 10.0 Å². The molecule has 3 atom stereocenters. The van der Waals surface area contributed by atoms with Crippen LogP contribution in [-0.4, -0.2) is 23.5 Å². The number of nitrogens with one attached hydrogen (secondary N) is 1. The normalized spacial score (nSPS) is 22.1. The van der Waals surface area contributed by atoms with E-state index in [0.29, 0.717) is 23.0 Å². The van der Waals surface area contributed by atoms with Gasteiger partial charge in [0.05, 0.1) is 11.8 Å². The second-order valence-corrected chi connectivity index (χ2v) is 5.88. The Kier molecular flexibility index (Phi) is 4.55. The van der Waals surface area contributed by atoms with Gasteiger partial charge in [-0.05, 0) is 24.1 Å². The number of carboxylic acid groups (broad SMARTS) is 1. The fourth-order valence-electron chi connectivity index (χ4n) is 2.23. The van der Waals surface area contributed by atoms with E-state index in [1.54, 1.807) is 18.2 Å². The number of hydrogen-bond acceptors (Lipinski definition) is 2. The first kappa shape index (κ1) is 15.1. The number of carbonyl (C=O) groups excluding carboxylic acids is 1. The molecule has 1 aliphatic rings. The topological polar surface area (TPSA) is 66.4 Å². The van der Waals surface area contributed by atoms with Crippen LogP contribution in [0, 0.1) is 11.8 Å². The molecule has 0 bridgehead atoms. The number of halogens is 2. The zero-order valence-corrected chi connectivity index (χ0v) is 12.4. The van der Waals surface area contributed by atoms with Gasteiger partial charge in [0.25, 0.3) is 0 Å². The van der Waals surface area contributed by atoms with Gasteiger partial charge in [0.15, 0.2) is 0 Å². The van der Waals surface area contributed by atoms with E-state index in [1.165, 1.54) is 0 Å². The van der Waals surface area contributed by atoms with E-state index in [4.69, 9.17) is 28.3 Å². The Bertz CT molecular complexity index is 527. The Morgan fingerprint density at radius 1 is 1.35 bits per heavy atom. The van der Waals surface area contributed by atoms with Crippen LogP contribution in [-0.2, 0) is 9.59 Å². The van der Waals surface area contributed by atoms with Crippen LogP contribution in [0.1, 0.15) is 24.8 Å². The highest BCUT2D eigenvalue weighted by atomic mass is 35.5. The zero-order chi connectivity index (χ0) is 14.9. The van der Waals surface area contributed by atoms with Gasteiger partial charge < -0.3 is 10.4 Å². The molecule has 1 amide bonds. The molecule has 0 spiro atoms. The van der Waals surface area contributed by atoms with Gasteiger partial charge in [0, 0.05) is 22.5 Å². The van der Waals surface area contributed by atoms with Crippen LogP contribution < -0.4 is 5.32 Å². The summed E-state index contributed by atoms with van der Waals surface area (Å²) in [6.07, 6.45) is 0.419.